The van der Waals surface area contributed by atoms with Crippen molar-refractivity contribution < 1.29 is 19.6 Å². The van der Waals surface area contributed by atoms with Crippen molar-refractivity contribution in [1.82, 2.24) is 10.2 Å². The maximum atomic E-state index is 13.1. The Morgan fingerprint density at radius 1 is 1.15 bits per heavy atom. The number of imide groups is 1. The third kappa shape index (κ3) is 2.85. The highest BCUT2D eigenvalue weighted by Gasteiger charge is 2.50. The number of quaternary nitrogens is 1. The molecule has 4 rings (SSSR count). The normalized spacial score (nSPS) is 29.2. The molecule has 0 radical (unpaired) electrons. The predicted octanol–water partition coefficient (Wildman–Crippen LogP) is 0.604. The number of benzene rings is 2. The average molecular weight is 354 g/mol. The average Bonchev–Trinajstić information content (AvgIpc) is 2.87. The highest BCUT2D eigenvalue weighted by molar-refractivity contribution is 6.07. The van der Waals surface area contributed by atoms with Crippen LogP contribution in [0.1, 0.15) is 25.3 Å². The second-order valence-electron chi connectivity index (χ2n) is 7.49. The van der Waals surface area contributed by atoms with Crippen LogP contribution in [0.3, 0.4) is 0 Å². The third-order valence-electron chi connectivity index (χ3n) is 5.65. The van der Waals surface area contributed by atoms with Crippen LogP contribution in [0.4, 0.5) is 4.79 Å². The molecule has 26 heavy (non-hydrogen) atoms. The Morgan fingerprint density at radius 2 is 1.85 bits per heavy atom. The van der Waals surface area contributed by atoms with E-state index in [2.05, 4.69) is 5.32 Å². The molecule has 0 aliphatic carbocycles. The van der Waals surface area contributed by atoms with Gasteiger partial charge in [-0.25, -0.2) is 9.69 Å². The van der Waals surface area contributed by atoms with E-state index in [0.717, 1.165) is 34.3 Å². The number of rotatable bonds is 3. The molecule has 2 aromatic rings. The molecule has 1 atom stereocenters. The second kappa shape index (κ2) is 6.37. The zero-order chi connectivity index (χ0) is 18.3. The van der Waals surface area contributed by atoms with Gasteiger partial charge in [-0.15, -0.1) is 0 Å². The van der Waals surface area contributed by atoms with E-state index in [9.17, 15) is 14.7 Å². The topological polar surface area (TPSA) is 74.1 Å². The molecule has 2 fully saturated rings. The molecule has 136 valence electrons. The van der Waals surface area contributed by atoms with Crippen LogP contribution in [0.2, 0.25) is 0 Å². The maximum absolute atomic E-state index is 13.1. The van der Waals surface area contributed by atoms with E-state index in [-0.39, 0.29) is 18.0 Å². The molecular formula is C20H24N3O3+. The summed E-state index contributed by atoms with van der Waals surface area (Å²) >= 11 is 0. The number of urea groups is 1. The summed E-state index contributed by atoms with van der Waals surface area (Å²) in [6.07, 6.45) is 1.16. The summed E-state index contributed by atoms with van der Waals surface area (Å²) in [6.45, 7) is 3.66. The lowest BCUT2D eigenvalue weighted by atomic mass is 9.90. The summed E-state index contributed by atoms with van der Waals surface area (Å²) in [7, 11) is 0. The van der Waals surface area contributed by atoms with E-state index in [1.54, 1.807) is 6.92 Å². The lowest BCUT2D eigenvalue weighted by Gasteiger charge is -2.29. The molecule has 3 N–H and O–H groups in total. The molecule has 0 bridgehead atoms. The third-order valence-corrected chi connectivity index (χ3v) is 5.65. The number of fused-ring (bicyclic) bond motifs is 1. The first kappa shape index (κ1) is 17.0. The summed E-state index contributed by atoms with van der Waals surface area (Å²) in [5.41, 5.74) is -0.253. The first-order valence-corrected chi connectivity index (χ1v) is 9.12. The van der Waals surface area contributed by atoms with Crippen molar-refractivity contribution in [2.45, 2.75) is 31.4 Å². The number of nitrogens with one attached hydrogen (secondary N) is 2. The van der Waals surface area contributed by atoms with Gasteiger partial charge in [0.05, 0.1) is 19.2 Å². The Morgan fingerprint density at radius 3 is 2.58 bits per heavy atom. The van der Waals surface area contributed by atoms with Gasteiger partial charge in [-0.3, -0.25) is 4.79 Å². The first-order valence-electron chi connectivity index (χ1n) is 9.12. The fraction of sp³-hybridized carbons (Fsp3) is 0.400. The summed E-state index contributed by atoms with van der Waals surface area (Å²) in [4.78, 5) is 28.1. The van der Waals surface area contributed by atoms with Crippen molar-refractivity contribution in [2.24, 2.45) is 0 Å². The van der Waals surface area contributed by atoms with E-state index >= 15 is 0 Å². The van der Waals surface area contributed by atoms with Gasteiger partial charge in [-0.05, 0) is 29.3 Å². The summed E-state index contributed by atoms with van der Waals surface area (Å²) < 4.78 is 0. The highest BCUT2D eigenvalue weighted by Crippen LogP contribution is 2.30. The molecule has 2 heterocycles. The highest BCUT2D eigenvalue weighted by atomic mass is 16.3. The van der Waals surface area contributed by atoms with E-state index in [4.69, 9.17) is 0 Å². The Bertz CT molecular complexity index is 860. The Labute approximate surface area is 152 Å². The molecule has 6 heteroatoms. The number of aliphatic hydroxyl groups excluding tert-OH is 1. The number of carbonyl (C=O) groups excluding carboxylic acids is 2. The summed E-state index contributed by atoms with van der Waals surface area (Å²) in [6, 6.07) is 13.5. The Balaban J connectivity index is 1.58. The van der Waals surface area contributed by atoms with Crippen LogP contribution < -0.4 is 10.2 Å². The summed E-state index contributed by atoms with van der Waals surface area (Å²) in [5.74, 6) is -0.212. The van der Waals surface area contributed by atoms with Gasteiger partial charge in [0, 0.05) is 12.8 Å². The molecular weight excluding hydrogens is 330 g/mol. The summed E-state index contributed by atoms with van der Waals surface area (Å²) in [5, 5.41) is 14.7. The number of piperidine rings is 1. The second-order valence-corrected chi connectivity index (χ2v) is 7.49. The lowest BCUT2D eigenvalue weighted by molar-refractivity contribution is -0.913. The molecule has 2 aromatic carbocycles. The zero-order valence-electron chi connectivity index (χ0n) is 14.9. The van der Waals surface area contributed by atoms with Crippen LogP contribution in [0, 0.1) is 0 Å². The number of amides is 3. The van der Waals surface area contributed by atoms with E-state index < -0.39 is 5.54 Å². The van der Waals surface area contributed by atoms with Gasteiger partial charge in [-0.2, -0.15) is 0 Å². The van der Waals surface area contributed by atoms with Gasteiger partial charge in [-0.1, -0.05) is 36.4 Å². The van der Waals surface area contributed by atoms with Crippen LogP contribution in [0.15, 0.2) is 42.5 Å². The maximum Gasteiger partial charge on any atom is 0.329 e. The predicted molar refractivity (Wildman–Crippen MR) is 97.5 cm³/mol. The number of hydrogen-bond donors (Lipinski definition) is 3. The van der Waals surface area contributed by atoms with E-state index in [0.29, 0.717) is 19.5 Å². The fourth-order valence-corrected chi connectivity index (χ4v) is 3.93. The van der Waals surface area contributed by atoms with E-state index in [1.807, 2.05) is 42.5 Å². The van der Waals surface area contributed by atoms with Gasteiger partial charge >= 0.3 is 6.03 Å². The number of carbonyl (C=O) groups is 2. The SMILES string of the molecule is C[C@@]1(c2ccc3ccccc3c2)NC(=O)N(C[NH+]2CCC(O)CC2)C1=O. The number of hydrogen-bond acceptors (Lipinski definition) is 3. The molecule has 2 aliphatic rings. The van der Waals surface area contributed by atoms with Gasteiger partial charge in [0.1, 0.15) is 5.54 Å². The monoisotopic (exact) mass is 354 g/mol. The minimum atomic E-state index is -1.05. The minimum absolute atomic E-state index is 0.212. The number of aliphatic hydroxyl groups is 1. The van der Waals surface area contributed by atoms with Crippen LogP contribution >= 0.6 is 0 Å². The van der Waals surface area contributed by atoms with Gasteiger partial charge in [0.2, 0.25) is 0 Å². The van der Waals surface area contributed by atoms with Crippen LogP contribution in [0.25, 0.3) is 10.8 Å². The minimum Gasteiger partial charge on any atom is -0.393 e. The number of nitrogens with zero attached hydrogens (tertiary/aromatic N) is 1. The van der Waals surface area contributed by atoms with Crippen molar-refractivity contribution in [1.29, 1.82) is 0 Å². The van der Waals surface area contributed by atoms with Crippen molar-refractivity contribution in [3.63, 3.8) is 0 Å². The van der Waals surface area contributed by atoms with Gasteiger partial charge in [0.15, 0.2) is 6.67 Å². The van der Waals surface area contributed by atoms with Crippen LogP contribution in [0.5, 0.6) is 0 Å². The van der Waals surface area contributed by atoms with Crippen LogP contribution in [-0.2, 0) is 10.3 Å². The van der Waals surface area contributed by atoms with Crippen molar-refractivity contribution >= 4 is 22.7 Å². The molecule has 0 saturated carbocycles. The Hall–Kier alpha value is -2.44. The fourth-order valence-electron chi connectivity index (χ4n) is 3.93. The molecule has 0 unspecified atom stereocenters. The van der Waals surface area contributed by atoms with E-state index in [1.165, 1.54) is 4.90 Å². The van der Waals surface area contributed by atoms with Gasteiger partial charge < -0.3 is 15.3 Å². The number of likely N-dealkylation sites (tertiary alicyclic amines) is 1. The van der Waals surface area contributed by atoms with Crippen molar-refractivity contribution in [3.8, 4) is 0 Å². The lowest BCUT2D eigenvalue weighted by Crippen LogP contribution is -3.14. The standard InChI is InChI=1S/C20H23N3O3/c1-20(16-7-6-14-4-2-3-5-15(14)12-16)18(25)23(19(26)21-20)13-22-10-8-17(24)9-11-22/h2-7,12,17,24H,8-11,13H2,1H3,(H,21,26)/p+1/t20-/m0/s1. The molecule has 2 aliphatic heterocycles. The Kier molecular flexibility index (Phi) is 4.17. The molecule has 3 amide bonds. The smallest absolute Gasteiger partial charge is 0.329 e. The largest absolute Gasteiger partial charge is 0.393 e. The van der Waals surface area contributed by atoms with Gasteiger partial charge in [0.25, 0.3) is 5.91 Å². The molecule has 0 spiro atoms. The molecule has 0 aromatic heterocycles. The molecule has 6 nitrogen and oxygen atoms in total. The van der Waals surface area contributed by atoms with Crippen molar-refractivity contribution in [2.75, 3.05) is 19.8 Å². The van der Waals surface area contributed by atoms with Crippen LogP contribution in [-0.4, -0.2) is 47.8 Å². The first-order chi connectivity index (χ1) is 12.5. The molecule has 2 saturated heterocycles. The zero-order valence-corrected chi connectivity index (χ0v) is 14.9. The van der Waals surface area contributed by atoms with Crippen molar-refractivity contribution in [3.05, 3.63) is 48.0 Å². The quantitative estimate of drug-likeness (QED) is 0.707.